The smallest absolute Gasteiger partial charge is 0.251 e. The molecule has 0 spiro atoms. The van der Waals surface area contributed by atoms with E-state index in [-0.39, 0.29) is 11.9 Å². The average molecular weight is 248 g/mol. The van der Waals surface area contributed by atoms with Gasteiger partial charge in [-0.3, -0.25) is 4.79 Å². The number of ether oxygens (including phenoxy) is 1. The van der Waals surface area contributed by atoms with E-state index in [9.17, 15) is 9.90 Å². The van der Waals surface area contributed by atoms with Crippen LogP contribution in [-0.4, -0.2) is 36.5 Å². The largest absolute Gasteiger partial charge is 0.384 e. The summed E-state index contributed by atoms with van der Waals surface area (Å²) in [4.78, 5) is 12.0. The van der Waals surface area contributed by atoms with Crippen molar-refractivity contribution in [2.75, 3.05) is 18.5 Å². The van der Waals surface area contributed by atoms with E-state index in [0.29, 0.717) is 18.6 Å². The number of benzene rings is 1. The fourth-order valence-corrected chi connectivity index (χ4v) is 2.42. The van der Waals surface area contributed by atoms with Gasteiger partial charge in [-0.05, 0) is 36.6 Å². The van der Waals surface area contributed by atoms with Crippen LogP contribution < -0.4 is 10.6 Å². The van der Waals surface area contributed by atoms with Gasteiger partial charge >= 0.3 is 0 Å². The van der Waals surface area contributed by atoms with Gasteiger partial charge in [0.05, 0.1) is 12.6 Å². The first-order chi connectivity index (χ1) is 8.74. The summed E-state index contributed by atoms with van der Waals surface area (Å²) >= 11 is 0. The van der Waals surface area contributed by atoms with Crippen molar-refractivity contribution in [3.63, 3.8) is 0 Å². The molecule has 1 saturated heterocycles. The number of carbonyl (C=O) groups excluding carboxylic acids is 1. The van der Waals surface area contributed by atoms with Gasteiger partial charge in [0.25, 0.3) is 5.91 Å². The van der Waals surface area contributed by atoms with Gasteiger partial charge in [0.1, 0.15) is 0 Å². The third kappa shape index (κ3) is 2.07. The third-order valence-electron chi connectivity index (χ3n) is 3.46. The standard InChI is InChI=1S/C13H16N2O3/c16-12(15-11-4-6-18-13(11)17)9-1-2-10-8(7-9)3-5-14-10/h1-2,7,11,13-14,17H,3-6H2,(H,15,16)/t11-,13?/m0/s1. The Morgan fingerprint density at radius 2 is 2.39 bits per heavy atom. The van der Waals surface area contributed by atoms with Gasteiger partial charge in [0.2, 0.25) is 0 Å². The van der Waals surface area contributed by atoms with Crippen molar-refractivity contribution < 1.29 is 14.6 Å². The minimum absolute atomic E-state index is 0.153. The van der Waals surface area contributed by atoms with E-state index in [4.69, 9.17) is 4.74 Å². The van der Waals surface area contributed by atoms with E-state index in [0.717, 1.165) is 18.7 Å². The summed E-state index contributed by atoms with van der Waals surface area (Å²) in [6.45, 7) is 1.41. The molecule has 2 aliphatic rings. The number of amides is 1. The fraction of sp³-hybridized carbons (Fsp3) is 0.462. The second kappa shape index (κ2) is 4.59. The molecule has 1 fully saturated rings. The summed E-state index contributed by atoms with van der Waals surface area (Å²) in [6, 6.07) is 5.34. The molecule has 18 heavy (non-hydrogen) atoms. The summed E-state index contributed by atoms with van der Waals surface area (Å²) in [5, 5.41) is 15.5. The molecule has 2 aliphatic heterocycles. The summed E-state index contributed by atoms with van der Waals surface area (Å²) in [5.74, 6) is -0.153. The molecule has 0 saturated carbocycles. The Hall–Kier alpha value is -1.59. The van der Waals surface area contributed by atoms with Crippen molar-refractivity contribution >= 4 is 11.6 Å². The first kappa shape index (κ1) is 11.5. The molecule has 2 heterocycles. The van der Waals surface area contributed by atoms with Crippen molar-refractivity contribution in [3.8, 4) is 0 Å². The van der Waals surface area contributed by atoms with Gasteiger partial charge in [-0.15, -0.1) is 0 Å². The Morgan fingerprint density at radius 3 is 3.17 bits per heavy atom. The van der Waals surface area contributed by atoms with Crippen LogP contribution in [0.25, 0.3) is 0 Å². The van der Waals surface area contributed by atoms with Gasteiger partial charge in [0, 0.05) is 17.8 Å². The van der Waals surface area contributed by atoms with E-state index in [1.165, 1.54) is 5.56 Å². The zero-order valence-electron chi connectivity index (χ0n) is 9.98. The highest BCUT2D eigenvalue weighted by Crippen LogP contribution is 2.23. The maximum Gasteiger partial charge on any atom is 0.251 e. The summed E-state index contributed by atoms with van der Waals surface area (Å²) in [5.41, 5.74) is 2.92. The van der Waals surface area contributed by atoms with Crippen molar-refractivity contribution in [2.45, 2.75) is 25.2 Å². The summed E-state index contributed by atoms with van der Waals surface area (Å²) in [6.07, 6.45) is 0.718. The van der Waals surface area contributed by atoms with Crippen molar-refractivity contribution in [1.82, 2.24) is 5.32 Å². The van der Waals surface area contributed by atoms with Crippen LogP contribution in [0, 0.1) is 0 Å². The number of anilines is 1. The molecule has 3 N–H and O–H groups in total. The lowest BCUT2D eigenvalue weighted by atomic mass is 10.1. The third-order valence-corrected chi connectivity index (χ3v) is 3.46. The van der Waals surface area contributed by atoms with E-state index in [1.54, 1.807) is 6.07 Å². The summed E-state index contributed by atoms with van der Waals surface area (Å²) in [7, 11) is 0. The molecule has 5 heteroatoms. The highest BCUT2D eigenvalue weighted by atomic mass is 16.6. The first-order valence-corrected chi connectivity index (χ1v) is 6.21. The Balaban J connectivity index is 1.72. The van der Waals surface area contributed by atoms with Crippen LogP contribution in [-0.2, 0) is 11.2 Å². The second-order valence-electron chi connectivity index (χ2n) is 4.68. The van der Waals surface area contributed by atoms with Gasteiger partial charge < -0.3 is 20.5 Å². The quantitative estimate of drug-likeness (QED) is 0.712. The fourth-order valence-electron chi connectivity index (χ4n) is 2.42. The van der Waals surface area contributed by atoms with E-state index < -0.39 is 6.29 Å². The van der Waals surface area contributed by atoms with Crippen molar-refractivity contribution in [3.05, 3.63) is 29.3 Å². The maximum atomic E-state index is 12.0. The van der Waals surface area contributed by atoms with Gasteiger partial charge in [-0.2, -0.15) is 0 Å². The molecule has 2 atom stereocenters. The molecule has 96 valence electrons. The molecule has 1 aromatic rings. The monoisotopic (exact) mass is 248 g/mol. The van der Waals surface area contributed by atoms with Crippen LogP contribution >= 0.6 is 0 Å². The number of hydrogen-bond donors (Lipinski definition) is 3. The normalized spacial score (nSPS) is 25.6. The molecule has 3 rings (SSSR count). The number of hydrogen-bond acceptors (Lipinski definition) is 4. The Morgan fingerprint density at radius 1 is 1.50 bits per heavy atom. The molecule has 1 aromatic carbocycles. The molecular formula is C13H16N2O3. The van der Waals surface area contributed by atoms with E-state index >= 15 is 0 Å². The molecule has 1 unspecified atom stereocenters. The van der Waals surface area contributed by atoms with Gasteiger partial charge in [-0.25, -0.2) is 0 Å². The molecule has 1 amide bonds. The molecule has 0 radical (unpaired) electrons. The lowest BCUT2D eigenvalue weighted by molar-refractivity contribution is -0.0704. The molecule has 5 nitrogen and oxygen atoms in total. The average Bonchev–Trinajstić information content (AvgIpc) is 2.98. The van der Waals surface area contributed by atoms with Crippen LogP contribution in [0.4, 0.5) is 5.69 Å². The first-order valence-electron chi connectivity index (χ1n) is 6.21. The number of rotatable bonds is 2. The second-order valence-corrected chi connectivity index (χ2v) is 4.68. The predicted molar refractivity (Wildman–Crippen MR) is 66.5 cm³/mol. The number of fused-ring (bicyclic) bond motifs is 1. The van der Waals surface area contributed by atoms with E-state index in [2.05, 4.69) is 10.6 Å². The highest BCUT2D eigenvalue weighted by molar-refractivity contribution is 5.95. The SMILES string of the molecule is O=C(N[C@H]1CCOC1O)c1ccc2c(c1)CCN2. The number of aliphatic hydroxyl groups excluding tert-OH is 1. The number of aliphatic hydroxyl groups is 1. The van der Waals surface area contributed by atoms with Crippen LogP contribution in [0.3, 0.4) is 0 Å². The molecule has 0 bridgehead atoms. The lowest BCUT2D eigenvalue weighted by Gasteiger charge is -2.15. The van der Waals surface area contributed by atoms with Crippen LogP contribution in [0.15, 0.2) is 18.2 Å². The molecular weight excluding hydrogens is 232 g/mol. The minimum Gasteiger partial charge on any atom is -0.384 e. The molecule has 0 aliphatic carbocycles. The maximum absolute atomic E-state index is 12.0. The van der Waals surface area contributed by atoms with Crippen LogP contribution in [0.1, 0.15) is 22.3 Å². The number of carbonyl (C=O) groups is 1. The Kier molecular flexibility index (Phi) is 2.93. The highest BCUT2D eigenvalue weighted by Gasteiger charge is 2.28. The van der Waals surface area contributed by atoms with Gasteiger partial charge in [0.15, 0.2) is 6.29 Å². The number of nitrogens with one attached hydrogen (secondary N) is 2. The van der Waals surface area contributed by atoms with Crippen LogP contribution in [0.5, 0.6) is 0 Å². The Bertz CT molecular complexity index is 475. The molecule has 0 aromatic heterocycles. The van der Waals surface area contributed by atoms with Gasteiger partial charge in [-0.1, -0.05) is 0 Å². The van der Waals surface area contributed by atoms with E-state index in [1.807, 2.05) is 12.1 Å². The predicted octanol–water partition coefficient (Wildman–Crippen LogP) is 0.492. The van der Waals surface area contributed by atoms with Crippen molar-refractivity contribution in [1.29, 1.82) is 0 Å². The summed E-state index contributed by atoms with van der Waals surface area (Å²) < 4.78 is 5.01. The zero-order chi connectivity index (χ0) is 12.5. The minimum atomic E-state index is -0.884. The van der Waals surface area contributed by atoms with Crippen LogP contribution in [0.2, 0.25) is 0 Å². The lowest BCUT2D eigenvalue weighted by Crippen LogP contribution is -2.40. The topological polar surface area (TPSA) is 70.6 Å². The Labute approximate surface area is 105 Å². The van der Waals surface area contributed by atoms with Crippen molar-refractivity contribution in [2.24, 2.45) is 0 Å². The zero-order valence-corrected chi connectivity index (χ0v) is 9.98.